The minimum absolute atomic E-state index is 0.0777. The third kappa shape index (κ3) is 4.36. The van der Waals surface area contributed by atoms with Gasteiger partial charge in [-0.05, 0) is 66.9 Å². The van der Waals surface area contributed by atoms with Crippen LogP contribution in [0.15, 0.2) is 71.6 Å². The highest BCUT2D eigenvalue weighted by Crippen LogP contribution is 2.31. The van der Waals surface area contributed by atoms with Gasteiger partial charge in [0, 0.05) is 24.8 Å². The van der Waals surface area contributed by atoms with Crippen LogP contribution >= 0.6 is 0 Å². The van der Waals surface area contributed by atoms with Gasteiger partial charge in [0.15, 0.2) is 0 Å². The largest absolute Gasteiger partial charge is 0.322 e. The quantitative estimate of drug-likeness (QED) is 0.616. The summed E-state index contributed by atoms with van der Waals surface area (Å²) in [6.07, 6.45) is 0.591. The van der Waals surface area contributed by atoms with E-state index >= 15 is 0 Å². The molecule has 32 heavy (non-hydrogen) atoms. The van der Waals surface area contributed by atoms with Crippen molar-refractivity contribution in [1.82, 2.24) is 0 Å². The fraction of sp³-hybridized carbons (Fsp3) is 0.167. The Balaban J connectivity index is 1.59. The lowest BCUT2D eigenvalue weighted by Gasteiger charge is -2.16. The zero-order chi connectivity index (χ0) is 22.9. The molecule has 2 amide bonds. The predicted molar refractivity (Wildman–Crippen MR) is 125 cm³/mol. The molecule has 0 aromatic heterocycles. The van der Waals surface area contributed by atoms with Crippen molar-refractivity contribution in [2.24, 2.45) is 0 Å². The number of aryl methyl sites for hydroxylation is 1. The van der Waals surface area contributed by atoms with Gasteiger partial charge in [-0.2, -0.15) is 0 Å². The van der Waals surface area contributed by atoms with Crippen LogP contribution in [-0.2, 0) is 21.2 Å². The standard InChI is InChI=1S/C24H23N3O4S/c1-16-6-5-7-19(14-16)25-24(29)21-8-3-4-9-22(21)26-32(30,31)20-10-11-23-18(15-20)12-13-27(23)17(2)28/h3-11,14-15,26H,12-13H2,1-2H3,(H,25,29). The zero-order valence-corrected chi connectivity index (χ0v) is 18.6. The summed E-state index contributed by atoms with van der Waals surface area (Å²) in [4.78, 5) is 26.3. The molecule has 0 radical (unpaired) electrons. The van der Waals surface area contributed by atoms with Gasteiger partial charge >= 0.3 is 0 Å². The van der Waals surface area contributed by atoms with Gasteiger partial charge in [-0.1, -0.05) is 24.3 Å². The molecule has 164 valence electrons. The summed E-state index contributed by atoms with van der Waals surface area (Å²) < 4.78 is 28.7. The number of anilines is 3. The molecule has 0 atom stereocenters. The number of carbonyl (C=O) groups is 2. The van der Waals surface area contributed by atoms with Crippen molar-refractivity contribution in [2.45, 2.75) is 25.2 Å². The van der Waals surface area contributed by atoms with Gasteiger partial charge in [-0.15, -0.1) is 0 Å². The van der Waals surface area contributed by atoms with Gasteiger partial charge in [0.25, 0.3) is 15.9 Å². The fourth-order valence-corrected chi connectivity index (χ4v) is 4.90. The number of para-hydroxylation sites is 1. The molecule has 7 nitrogen and oxygen atoms in total. The van der Waals surface area contributed by atoms with Crippen LogP contribution in [0.3, 0.4) is 0 Å². The number of amides is 2. The minimum Gasteiger partial charge on any atom is -0.322 e. The molecule has 0 spiro atoms. The van der Waals surface area contributed by atoms with Crippen LogP contribution in [0.5, 0.6) is 0 Å². The van der Waals surface area contributed by atoms with Crippen LogP contribution in [0.4, 0.5) is 17.1 Å². The number of fused-ring (bicyclic) bond motifs is 1. The summed E-state index contributed by atoms with van der Waals surface area (Å²) in [6.45, 7) is 3.94. The van der Waals surface area contributed by atoms with E-state index in [1.165, 1.54) is 13.0 Å². The number of nitrogens with zero attached hydrogens (tertiary/aromatic N) is 1. The van der Waals surface area contributed by atoms with E-state index in [2.05, 4.69) is 10.0 Å². The van der Waals surface area contributed by atoms with E-state index in [0.29, 0.717) is 18.7 Å². The third-order valence-electron chi connectivity index (χ3n) is 5.33. The van der Waals surface area contributed by atoms with Gasteiger partial charge in [0.2, 0.25) is 5.91 Å². The molecular weight excluding hydrogens is 426 g/mol. The molecule has 2 N–H and O–H groups in total. The Bertz CT molecular complexity index is 1320. The van der Waals surface area contributed by atoms with E-state index in [9.17, 15) is 18.0 Å². The molecule has 1 aliphatic rings. The summed E-state index contributed by atoms with van der Waals surface area (Å²) in [7, 11) is -3.94. The Morgan fingerprint density at radius 3 is 2.50 bits per heavy atom. The summed E-state index contributed by atoms with van der Waals surface area (Å²) in [5, 5.41) is 2.80. The van der Waals surface area contributed by atoms with Gasteiger partial charge in [0.05, 0.1) is 16.1 Å². The number of hydrogen-bond donors (Lipinski definition) is 2. The number of benzene rings is 3. The first-order valence-electron chi connectivity index (χ1n) is 10.2. The van der Waals surface area contributed by atoms with Crippen molar-refractivity contribution in [3.63, 3.8) is 0 Å². The second-order valence-electron chi connectivity index (χ2n) is 7.69. The average molecular weight is 450 g/mol. The van der Waals surface area contributed by atoms with Gasteiger partial charge in [0.1, 0.15) is 0 Å². The SMILES string of the molecule is CC(=O)N1CCc2cc(S(=O)(=O)Nc3ccccc3C(=O)Nc3cccc(C)c3)ccc21. The maximum Gasteiger partial charge on any atom is 0.261 e. The summed E-state index contributed by atoms with van der Waals surface area (Å²) in [5.41, 5.74) is 3.55. The second-order valence-corrected chi connectivity index (χ2v) is 9.37. The molecular formula is C24H23N3O4S. The van der Waals surface area contributed by atoms with Gasteiger partial charge in [-0.25, -0.2) is 8.42 Å². The Morgan fingerprint density at radius 1 is 0.969 bits per heavy atom. The molecule has 3 aromatic carbocycles. The number of hydrogen-bond acceptors (Lipinski definition) is 4. The van der Waals surface area contributed by atoms with Crippen molar-refractivity contribution in [1.29, 1.82) is 0 Å². The highest BCUT2D eigenvalue weighted by molar-refractivity contribution is 7.92. The maximum atomic E-state index is 13.1. The van der Waals surface area contributed by atoms with E-state index in [1.807, 2.05) is 25.1 Å². The number of carbonyl (C=O) groups excluding carboxylic acids is 2. The number of rotatable bonds is 5. The van der Waals surface area contributed by atoms with Crippen LogP contribution in [0.1, 0.15) is 28.4 Å². The molecule has 1 heterocycles. The normalized spacial score (nSPS) is 12.9. The maximum absolute atomic E-state index is 13.1. The van der Waals surface area contributed by atoms with Crippen LogP contribution in [-0.4, -0.2) is 26.8 Å². The molecule has 3 aromatic rings. The first-order valence-corrected chi connectivity index (χ1v) is 11.6. The van der Waals surface area contributed by atoms with Crippen molar-refractivity contribution >= 4 is 38.9 Å². The molecule has 0 saturated carbocycles. The Hall–Kier alpha value is -3.65. The van der Waals surface area contributed by atoms with E-state index in [-0.39, 0.29) is 22.1 Å². The van der Waals surface area contributed by atoms with Crippen LogP contribution in [0.25, 0.3) is 0 Å². The predicted octanol–water partition coefficient (Wildman–Crippen LogP) is 3.96. The molecule has 0 unspecified atom stereocenters. The van der Waals surface area contributed by atoms with E-state index < -0.39 is 15.9 Å². The third-order valence-corrected chi connectivity index (χ3v) is 6.69. The highest BCUT2D eigenvalue weighted by atomic mass is 32.2. The van der Waals surface area contributed by atoms with Crippen molar-refractivity contribution in [2.75, 3.05) is 21.5 Å². The summed E-state index contributed by atoms with van der Waals surface area (Å²) in [5.74, 6) is -0.494. The Labute approximate surface area is 187 Å². The summed E-state index contributed by atoms with van der Waals surface area (Å²) in [6, 6.07) is 18.5. The van der Waals surface area contributed by atoms with Crippen LogP contribution in [0.2, 0.25) is 0 Å². The zero-order valence-electron chi connectivity index (χ0n) is 17.8. The number of nitrogens with one attached hydrogen (secondary N) is 2. The molecule has 1 aliphatic heterocycles. The highest BCUT2D eigenvalue weighted by Gasteiger charge is 2.25. The molecule has 4 rings (SSSR count). The van der Waals surface area contributed by atoms with E-state index in [1.54, 1.807) is 47.4 Å². The second kappa shape index (κ2) is 8.47. The van der Waals surface area contributed by atoms with Crippen LogP contribution in [0, 0.1) is 6.92 Å². The van der Waals surface area contributed by atoms with Crippen molar-refractivity contribution in [3.8, 4) is 0 Å². The van der Waals surface area contributed by atoms with E-state index in [4.69, 9.17) is 0 Å². The number of sulfonamides is 1. The van der Waals surface area contributed by atoms with Crippen LogP contribution < -0.4 is 14.9 Å². The average Bonchev–Trinajstić information content (AvgIpc) is 3.17. The molecule has 0 bridgehead atoms. The van der Waals surface area contributed by atoms with E-state index in [0.717, 1.165) is 16.8 Å². The molecule has 0 saturated heterocycles. The first kappa shape index (κ1) is 21.6. The monoisotopic (exact) mass is 449 g/mol. The van der Waals surface area contributed by atoms with Gasteiger partial charge in [-0.3, -0.25) is 14.3 Å². The fourth-order valence-electron chi connectivity index (χ4n) is 3.77. The topological polar surface area (TPSA) is 95.6 Å². The molecule has 0 fully saturated rings. The first-order chi connectivity index (χ1) is 15.2. The lowest BCUT2D eigenvalue weighted by atomic mass is 10.1. The molecule has 8 heteroatoms. The van der Waals surface area contributed by atoms with Crippen molar-refractivity contribution in [3.05, 3.63) is 83.4 Å². The Kier molecular flexibility index (Phi) is 5.71. The summed E-state index contributed by atoms with van der Waals surface area (Å²) >= 11 is 0. The Morgan fingerprint density at radius 2 is 1.75 bits per heavy atom. The molecule has 0 aliphatic carbocycles. The lowest BCUT2D eigenvalue weighted by molar-refractivity contribution is -0.116. The van der Waals surface area contributed by atoms with Crippen molar-refractivity contribution < 1.29 is 18.0 Å². The lowest BCUT2D eigenvalue weighted by Crippen LogP contribution is -2.25. The minimum atomic E-state index is -3.94. The van der Waals surface area contributed by atoms with Gasteiger partial charge < -0.3 is 10.2 Å². The smallest absolute Gasteiger partial charge is 0.261 e.